The zero-order chi connectivity index (χ0) is 10.6. The van der Waals surface area contributed by atoms with Gasteiger partial charge in [-0.25, -0.2) is 14.8 Å². The van der Waals surface area contributed by atoms with Crippen LogP contribution in [0.15, 0.2) is 18.6 Å². The smallest absolute Gasteiger partial charge is 0.391 e. The third kappa shape index (κ3) is 3.84. The molecule has 0 bridgehead atoms. The highest BCUT2D eigenvalue weighted by Gasteiger charge is 2.15. The van der Waals surface area contributed by atoms with E-state index in [4.69, 9.17) is 4.74 Å². The van der Waals surface area contributed by atoms with Gasteiger partial charge in [-0.1, -0.05) is 0 Å². The lowest BCUT2D eigenvalue weighted by molar-refractivity contribution is 0.188. The molecule has 0 saturated carbocycles. The van der Waals surface area contributed by atoms with Crippen molar-refractivity contribution in [3.8, 4) is 5.88 Å². The van der Waals surface area contributed by atoms with Crippen LogP contribution in [-0.2, 0) is 0 Å². The Labute approximate surface area is 82.5 Å². The molecule has 14 heavy (non-hydrogen) atoms. The minimum absolute atomic E-state index is 0.238. The minimum atomic E-state index is -0.517. The van der Waals surface area contributed by atoms with E-state index in [-0.39, 0.29) is 11.4 Å². The maximum Gasteiger partial charge on any atom is 0.414 e. The van der Waals surface area contributed by atoms with Gasteiger partial charge in [0, 0.05) is 17.8 Å². The van der Waals surface area contributed by atoms with E-state index in [0.29, 0.717) is 0 Å². The molecular weight excluding hydrogens is 182 g/mol. The lowest BCUT2D eigenvalue weighted by atomic mass is 10.1. The first kappa shape index (κ1) is 10.4. The molecule has 0 aliphatic carbocycles. The molecule has 5 heteroatoms. The molecule has 0 fully saturated rings. The van der Waals surface area contributed by atoms with Crippen LogP contribution in [-0.4, -0.2) is 21.6 Å². The number of rotatable bonds is 1. The predicted octanol–water partition coefficient (Wildman–Crippen LogP) is 1.36. The van der Waals surface area contributed by atoms with Crippen molar-refractivity contribution < 1.29 is 9.53 Å². The van der Waals surface area contributed by atoms with Gasteiger partial charge >= 0.3 is 6.09 Å². The summed E-state index contributed by atoms with van der Waals surface area (Å²) in [5.74, 6) is 0.238. The fraction of sp³-hybridized carbons (Fsp3) is 0.444. The largest absolute Gasteiger partial charge is 0.414 e. The highest BCUT2D eigenvalue weighted by atomic mass is 16.6. The number of nitrogens with one attached hydrogen (secondary N) is 1. The topological polar surface area (TPSA) is 64.1 Å². The van der Waals surface area contributed by atoms with Crippen molar-refractivity contribution in [2.75, 3.05) is 0 Å². The molecule has 76 valence electrons. The van der Waals surface area contributed by atoms with Gasteiger partial charge in [0.25, 0.3) is 0 Å². The van der Waals surface area contributed by atoms with E-state index in [1.807, 2.05) is 20.8 Å². The lowest BCUT2D eigenvalue weighted by Crippen LogP contribution is -2.42. The van der Waals surface area contributed by atoms with Crippen molar-refractivity contribution in [3.05, 3.63) is 18.6 Å². The minimum Gasteiger partial charge on any atom is -0.391 e. The molecule has 0 aromatic carbocycles. The van der Waals surface area contributed by atoms with Gasteiger partial charge in [-0.2, -0.15) is 0 Å². The number of hydrogen-bond donors (Lipinski definition) is 1. The van der Waals surface area contributed by atoms with Crippen LogP contribution in [0.3, 0.4) is 0 Å². The van der Waals surface area contributed by atoms with Crippen LogP contribution in [0.25, 0.3) is 0 Å². The van der Waals surface area contributed by atoms with Gasteiger partial charge in [-0.15, -0.1) is 0 Å². The van der Waals surface area contributed by atoms with Crippen LogP contribution in [0.5, 0.6) is 5.88 Å². The maximum absolute atomic E-state index is 11.2. The molecule has 1 aromatic rings. The van der Waals surface area contributed by atoms with Crippen LogP contribution < -0.4 is 10.1 Å². The Kier molecular flexibility index (Phi) is 3.01. The van der Waals surface area contributed by atoms with Crippen molar-refractivity contribution in [3.63, 3.8) is 0 Å². The molecule has 0 aliphatic rings. The molecule has 5 nitrogen and oxygen atoms in total. The number of amides is 1. The Bertz CT molecular complexity index is 306. The number of nitrogens with zero attached hydrogens (tertiary/aromatic N) is 2. The average molecular weight is 195 g/mol. The van der Waals surface area contributed by atoms with Crippen molar-refractivity contribution in [2.24, 2.45) is 0 Å². The molecule has 0 spiro atoms. The van der Waals surface area contributed by atoms with Crippen LogP contribution in [0.2, 0.25) is 0 Å². The summed E-state index contributed by atoms with van der Waals surface area (Å²) >= 11 is 0. The number of aromatic nitrogens is 2. The lowest BCUT2D eigenvalue weighted by Gasteiger charge is -2.19. The van der Waals surface area contributed by atoms with Gasteiger partial charge < -0.3 is 10.1 Å². The van der Waals surface area contributed by atoms with Gasteiger partial charge in [0.1, 0.15) is 6.33 Å². The molecule has 0 atom stereocenters. The van der Waals surface area contributed by atoms with Crippen molar-refractivity contribution in [1.29, 1.82) is 0 Å². The van der Waals surface area contributed by atoms with Crippen LogP contribution in [0.1, 0.15) is 20.8 Å². The summed E-state index contributed by atoms with van der Waals surface area (Å²) < 4.78 is 4.89. The van der Waals surface area contributed by atoms with E-state index in [1.54, 1.807) is 0 Å². The number of carbonyl (C=O) groups is 1. The quantitative estimate of drug-likeness (QED) is 0.734. The van der Waals surface area contributed by atoms with Crippen molar-refractivity contribution >= 4 is 6.09 Å². The first-order valence-electron chi connectivity index (χ1n) is 4.23. The summed E-state index contributed by atoms with van der Waals surface area (Å²) in [6.45, 7) is 5.61. The van der Waals surface area contributed by atoms with E-state index in [2.05, 4.69) is 15.3 Å². The molecular formula is C9H13N3O2. The molecule has 0 aliphatic heterocycles. The van der Waals surface area contributed by atoms with E-state index in [1.165, 1.54) is 18.6 Å². The van der Waals surface area contributed by atoms with Crippen molar-refractivity contribution in [1.82, 2.24) is 15.3 Å². The van der Waals surface area contributed by atoms with Crippen LogP contribution in [0.4, 0.5) is 4.79 Å². The van der Waals surface area contributed by atoms with Gasteiger partial charge in [-0.05, 0) is 20.8 Å². The average Bonchev–Trinajstić information content (AvgIpc) is 2.02. The van der Waals surface area contributed by atoms with Crippen molar-refractivity contribution in [2.45, 2.75) is 26.3 Å². The summed E-state index contributed by atoms with van der Waals surface area (Å²) in [7, 11) is 0. The fourth-order valence-corrected chi connectivity index (χ4v) is 0.766. The second-order valence-corrected chi connectivity index (χ2v) is 3.81. The van der Waals surface area contributed by atoms with E-state index in [0.717, 1.165) is 0 Å². The van der Waals surface area contributed by atoms with Gasteiger partial charge in [0.15, 0.2) is 0 Å². The Morgan fingerprint density at radius 2 is 2.21 bits per heavy atom. The molecule has 1 rings (SSSR count). The van der Waals surface area contributed by atoms with E-state index < -0.39 is 6.09 Å². The third-order valence-electron chi connectivity index (χ3n) is 1.23. The molecule has 0 saturated heterocycles. The summed E-state index contributed by atoms with van der Waals surface area (Å²) in [5, 5.41) is 2.65. The maximum atomic E-state index is 11.2. The highest BCUT2D eigenvalue weighted by molar-refractivity contribution is 5.70. The Morgan fingerprint density at radius 3 is 2.71 bits per heavy atom. The summed E-state index contributed by atoms with van der Waals surface area (Å²) in [6.07, 6.45) is 2.31. The molecule has 1 heterocycles. The Morgan fingerprint density at radius 1 is 1.50 bits per heavy atom. The standard InChI is InChI=1S/C9H13N3O2/c1-9(2,3)12-8(13)14-7-4-5-10-6-11-7/h4-6H,1-3H3,(H,12,13). The number of ether oxygens (including phenoxy) is 1. The molecule has 0 unspecified atom stereocenters. The van der Waals surface area contributed by atoms with Gasteiger partial charge in [0.05, 0.1) is 0 Å². The van der Waals surface area contributed by atoms with Crippen LogP contribution >= 0.6 is 0 Å². The second-order valence-electron chi connectivity index (χ2n) is 3.81. The molecule has 0 radical (unpaired) electrons. The van der Waals surface area contributed by atoms with E-state index in [9.17, 15) is 4.79 Å². The normalized spacial score (nSPS) is 10.8. The third-order valence-corrected chi connectivity index (χ3v) is 1.23. The molecule has 1 N–H and O–H groups in total. The van der Waals surface area contributed by atoms with Crippen LogP contribution in [0, 0.1) is 0 Å². The summed E-state index contributed by atoms with van der Waals surface area (Å²) in [4.78, 5) is 18.7. The monoisotopic (exact) mass is 195 g/mol. The highest BCUT2D eigenvalue weighted by Crippen LogP contribution is 2.04. The zero-order valence-electron chi connectivity index (χ0n) is 8.44. The van der Waals surface area contributed by atoms with Gasteiger partial charge in [0.2, 0.25) is 5.88 Å². The van der Waals surface area contributed by atoms with E-state index >= 15 is 0 Å². The Balaban J connectivity index is 2.50. The SMILES string of the molecule is CC(C)(C)NC(=O)Oc1ccncn1. The first-order chi connectivity index (χ1) is 6.47. The summed E-state index contributed by atoms with van der Waals surface area (Å²) in [5.41, 5.74) is -0.315. The summed E-state index contributed by atoms with van der Waals surface area (Å²) in [6, 6.07) is 1.52. The fourth-order valence-electron chi connectivity index (χ4n) is 0.766. The second kappa shape index (κ2) is 4.04. The Hall–Kier alpha value is -1.65. The number of hydrogen-bond acceptors (Lipinski definition) is 4. The van der Waals surface area contributed by atoms with Gasteiger partial charge in [-0.3, -0.25) is 0 Å². The molecule has 1 amide bonds. The number of carbonyl (C=O) groups excluding carboxylic acids is 1. The first-order valence-corrected chi connectivity index (χ1v) is 4.23. The molecule has 1 aromatic heterocycles. The predicted molar refractivity (Wildman–Crippen MR) is 50.9 cm³/mol. The zero-order valence-corrected chi connectivity index (χ0v) is 8.44.